The largest absolute Gasteiger partial charge is 0.471 e. The number of benzene rings is 1. The second-order valence-corrected chi connectivity index (χ2v) is 18.3. The van der Waals surface area contributed by atoms with Crippen LogP contribution in [0.15, 0.2) is 54.4 Å². The molecule has 54 heavy (non-hydrogen) atoms. The van der Waals surface area contributed by atoms with E-state index in [0.29, 0.717) is 29.6 Å². The van der Waals surface area contributed by atoms with E-state index in [4.69, 9.17) is 19.4 Å². The van der Waals surface area contributed by atoms with Gasteiger partial charge in [0, 0.05) is 12.3 Å². The van der Waals surface area contributed by atoms with Crippen molar-refractivity contribution in [3.8, 4) is 16.5 Å². The van der Waals surface area contributed by atoms with E-state index in [0.717, 1.165) is 35.6 Å². The van der Waals surface area contributed by atoms with E-state index < -0.39 is 68.4 Å². The van der Waals surface area contributed by atoms with E-state index in [2.05, 4.69) is 22.0 Å². The number of ether oxygens (including phenoxy) is 2. The van der Waals surface area contributed by atoms with Crippen LogP contribution in [-0.4, -0.2) is 93.4 Å². The van der Waals surface area contributed by atoms with Crippen LogP contribution in [0.1, 0.15) is 72.1 Å². The van der Waals surface area contributed by atoms with Crippen molar-refractivity contribution in [2.24, 2.45) is 5.92 Å². The molecule has 2 unspecified atom stereocenters. The van der Waals surface area contributed by atoms with Gasteiger partial charge in [0.1, 0.15) is 29.5 Å². The lowest BCUT2D eigenvalue weighted by atomic mass is 10.1. The summed E-state index contributed by atoms with van der Waals surface area (Å²) in [4.78, 5) is 67.3. The number of nitrogens with one attached hydrogen (secondary N) is 3. The molecule has 0 radical (unpaired) electrons. The van der Waals surface area contributed by atoms with Crippen molar-refractivity contribution in [1.29, 1.82) is 0 Å². The molecule has 3 aliphatic carbocycles. The molecule has 3 aromatic rings. The predicted molar refractivity (Wildman–Crippen MR) is 201 cm³/mol. The Bertz CT molecular complexity index is 2060. The third-order valence-electron chi connectivity index (χ3n) is 10.3. The van der Waals surface area contributed by atoms with Crippen LogP contribution in [-0.2, 0) is 24.3 Å². The smallest absolute Gasteiger partial charge is 0.426 e. The first-order chi connectivity index (χ1) is 25.7. The van der Waals surface area contributed by atoms with Gasteiger partial charge in [0.05, 0.1) is 33.2 Å². The number of hydrazine groups is 1. The summed E-state index contributed by atoms with van der Waals surface area (Å²) in [6.07, 6.45) is 4.06. The number of aromatic nitrogens is 2. The molecule has 1 aromatic carbocycles. The van der Waals surface area contributed by atoms with Gasteiger partial charge in [-0.1, -0.05) is 24.3 Å². The average molecular weight is 780 g/mol. The van der Waals surface area contributed by atoms with Crippen molar-refractivity contribution in [2.45, 2.75) is 107 Å². The normalized spacial score (nSPS) is 24.1. The Balaban J connectivity index is 1.18. The molecule has 17 heteroatoms. The molecule has 288 valence electrons. The van der Waals surface area contributed by atoms with Crippen LogP contribution in [0.2, 0.25) is 0 Å². The predicted octanol–water partition coefficient (Wildman–Crippen LogP) is 4.65. The molecule has 15 nitrogen and oxygen atoms in total. The van der Waals surface area contributed by atoms with Gasteiger partial charge >= 0.3 is 12.1 Å². The van der Waals surface area contributed by atoms with Crippen LogP contribution >= 0.6 is 11.3 Å². The lowest BCUT2D eigenvalue weighted by Crippen LogP contribution is -2.63. The zero-order valence-corrected chi connectivity index (χ0v) is 32.1. The van der Waals surface area contributed by atoms with E-state index in [9.17, 15) is 27.6 Å². The highest BCUT2D eigenvalue weighted by molar-refractivity contribution is 7.91. The minimum absolute atomic E-state index is 0.0166. The first kappa shape index (κ1) is 37.5. The topological polar surface area (TPSA) is 189 Å². The maximum absolute atomic E-state index is 14.6. The van der Waals surface area contributed by atoms with E-state index >= 15 is 0 Å². The van der Waals surface area contributed by atoms with Crippen LogP contribution in [0, 0.1) is 5.92 Å². The first-order valence-electron chi connectivity index (χ1n) is 18.2. The minimum atomic E-state index is -3.91. The van der Waals surface area contributed by atoms with Crippen LogP contribution in [0.4, 0.5) is 9.59 Å². The number of para-hydroxylation sites is 2. The second-order valence-electron chi connectivity index (χ2n) is 15.4. The molecule has 2 aromatic heterocycles. The zero-order chi connectivity index (χ0) is 38.4. The fraction of sp³-hybridized carbons (Fsp3) is 0.514. The van der Waals surface area contributed by atoms with Gasteiger partial charge in [-0.3, -0.25) is 14.3 Å². The molecule has 1 saturated heterocycles. The molecule has 7 rings (SSSR count). The molecule has 3 N–H and O–H groups in total. The Kier molecular flexibility index (Phi) is 10.1. The second kappa shape index (κ2) is 14.5. The number of thiophene rings is 1. The molecule has 3 saturated carbocycles. The quantitative estimate of drug-likeness (QED) is 0.193. The van der Waals surface area contributed by atoms with Crippen molar-refractivity contribution in [3.05, 3.63) is 54.4 Å². The summed E-state index contributed by atoms with van der Waals surface area (Å²) in [6.45, 7) is 8.88. The van der Waals surface area contributed by atoms with Crippen molar-refractivity contribution in [3.63, 3.8) is 0 Å². The van der Waals surface area contributed by atoms with Crippen molar-refractivity contribution < 1.29 is 37.1 Å². The summed E-state index contributed by atoms with van der Waals surface area (Å²) in [5.41, 5.74) is 1.83. The number of hydrogen-bond donors (Lipinski definition) is 3. The van der Waals surface area contributed by atoms with Crippen molar-refractivity contribution in [2.75, 3.05) is 6.54 Å². The highest BCUT2D eigenvalue weighted by Gasteiger charge is 2.62. The van der Waals surface area contributed by atoms with E-state index in [1.54, 1.807) is 20.8 Å². The Morgan fingerprint density at radius 2 is 1.72 bits per heavy atom. The SMILES string of the molecule is C=C[C@@H]1CC1(NC(=O)[C@@H]1CC(Oc2nc3ccccc3nc2-c2cccs2)CN1C(=O)N(NC(=O)OC1CCCC1)C(C)(C)C)C(=O)NS(=O)(=O)C1CC1. The fourth-order valence-corrected chi connectivity index (χ4v) is 9.14. The first-order valence-corrected chi connectivity index (χ1v) is 20.7. The lowest BCUT2D eigenvalue weighted by molar-refractivity contribution is -0.131. The van der Waals surface area contributed by atoms with E-state index in [1.165, 1.54) is 22.3 Å². The number of carbonyl (C=O) groups excluding carboxylic acids is 4. The molecule has 4 fully saturated rings. The maximum atomic E-state index is 14.6. The highest BCUT2D eigenvalue weighted by atomic mass is 32.2. The molecule has 4 atom stereocenters. The molecular weight excluding hydrogens is 735 g/mol. The molecule has 5 amide bonds. The van der Waals surface area contributed by atoms with Gasteiger partial charge in [0.15, 0.2) is 0 Å². The minimum Gasteiger partial charge on any atom is -0.471 e. The van der Waals surface area contributed by atoms with Gasteiger partial charge in [-0.05, 0) is 89.3 Å². The van der Waals surface area contributed by atoms with Crippen LogP contribution in [0.3, 0.4) is 0 Å². The van der Waals surface area contributed by atoms with Gasteiger partial charge in [0.25, 0.3) is 5.91 Å². The third-order valence-corrected chi connectivity index (χ3v) is 13.0. The van der Waals surface area contributed by atoms with Crippen LogP contribution in [0.5, 0.6) is 5.88 Å². The molecule has 1 aliphatic heterocycles. The number of hydrogen-bond acceptors (Lipinski definition) is 11. The summed E-state index contributed by atoms with van der Waals surface area (Å²) in [6, 6.07) is 9.24. The number of rotatable bonds is 10. The number of nitrogens with zero attached hydrogens (tertiary/aromatic N) is 4. The Labute approximate surface area is 317 Å². The number of carbonyl (C=O) groups is 4. The number of amides is 5. The van der Waals surface area contributed by atoms with Gasteiger partial charge in [-0.2, -0.15) is 0 Å². The number of sulfonamides is 1. The van der Waals surface area contributed by atoms with Crippen LogP contribution < -0.4 is 20.2 Å². The lowest BCUT2D eigenvalue weighted by Gasteiger charge is -2.39. The number of fused-ring (bicyclic) bond motifs is 1. The fourth-order valence-electron chi connectivity index (χ4n) is 7.07. The zero-order valence-electron chi connectivity index (χ0n) is 30.4. The Morgan fingerprint density at radius 3 is 2.33 bits per heavy atom. The van der Waals surface area contributed by atoms with Crippen LogP contribution in [0.25, 0.3) is 21.6 Å². The van der Waals surface area contributed by atoms with Crippen molar-refractivity contribution in [1.82, 2.24) is 35.3 Å². The Hall–Kier alpha value is -4.77. The molecule has 3 heterocycles. The molecule has 0 bridgehead atoms. The molecular formula is C37H45N7O8S2. The van der Waals surface area contributed by atoms with Gasteiger partial charge < -0.3 is 19.7 Å². The number of urea groups is 1. The van der Waals surface area contributed by atoms with Crippen molar-refractivity contribution >= 4 is 56.3 Å². The Morgan fingerprint density at radius 1 is 1.02 bits per heavy atom. The van der Waals surface area contributed by atoms with E-state index in [-0.39, 0.29) is 31.4 Å². The summed E-state index contributed by atoms with van der Waals surface area (Å²) >= 11 is 1.46. The summed E-state index contributed by atoms with van der Waals surface area (Å²) in [5.74, 6) is -1.86. The van der Waals surface area contributed by atoms with Gasteiger partial charge in [-0.25, -0.2) is 38.4 Å². The van der Waals surface area contributed by atoms with E-state index in [1.807, 2.05) is 41.8 Å². The molecule has 0 spiro atoms. The molecule has 4 aliphatic rings. The van der Waals surface area contributed by atoms with Gasteiger partial charge in [0.2, 0.25) is 21.8 Å². The summed E-state index contributed by atoms with van der Waals surface area (Å²) in [5, 5.41) is 5.19. The summed E-state index contributed by atoms with van der Waals surface area (Å²) < 4.78 is 39.8. The average Bonchev–Trinajstić information content (AvgIpc) is 3.88. The number of likely N-dealkylation sites (tertiary alicyclic amines) is 1. The standard InChI is InChI=1S/C37H45N7O8S2/c1-5-22-20-37(22,33(46)42-54(49,50)25-16-17-25)40-31(45)28-19-24(51-32-30(29-15-10-18-53-29)38-26-13-8-9-14-27(26)39-32)21-43(28)35(48)44(36(2,3)4)41-34(47)52-23-11-6-7-12-23/h5,8-10,13-15,18,22-25,28H,1,6-7,11-12,16-17,19-21H2,2-4H3,(H,40,45)(H,41,47)(H,42,46)/t22-,24?,28+,37?/m1/s1. The third kappa shape index (κ3) is 7.74. The summed E-state index contributed by atoms with van der Waals surface area (Å²) in [7, 11) is -3.91. The monoisotopic (exact) mass is 779 g/mol. The maximum Gasteiger partial charge on any atom is 0.426 e. The van der Waals surface area contributed by atoms with Gasteiger partial charge in [-0.15, -0.1) is 17.9 Å². The highest BCUT2D eigenvalue weighted by Crippen LogP contribution is 2.45.